The number of carbonyl (C=O) groups excluding carboxylic acids is 1. The van der Waals surface area contributed by atoms with Gasteiger partial charge in [0.15, 0.2) is 5.65 Å². The quantitative estimate of drug-likeness (QED) is 0.684. The Hall–Kier alpha value is -2.69. The number of rotatable bonds is 3. The van der Waals surface area contributed by atoms with Crippen LogP contribution < -0.4 is 0 Å². The highest BCUT2D eigenvalue weighted by Gasteiger charge is 2.11. The van der Waals surface area contributed by atoms with Gasteiger partial charge < -0.3 is 4.74 Å². The Bertz CT molecular complexity index is 750. The van der Waals surface area contributed by atoms with E-state index < -0.39 is 0 Å². The third kappa shape index (κ3) is 2.14. The van der Waals surface area contributed by atoms with Crippen LogP contribution in [0.15, 0.2) is 48.8 Å². The van der Waals surface area contributed by atoms with Crippen LogP contribution in [0.1, 0.15) is 17.3 Å². The number of aromatic nitrogens is 3. The molecular formula is C15H13N3O2. The number of para-hydroxylation sites is 1. The Labute approximate surface area is 115 Å². The predicted octanol–water partition coefficient (Wildman–Crippen LogP) is 2.60. The van der Waals surface area contributed by atoms with Crippen molar-refractivity contribution < 1.29 is 9.53 Å². The largest absolute Gasteiger partial charge is 0.462 e. The highest BCUT2D eigenvalue weighted by atomic mass is 16.5. The number of nitrogens with zero attached hydrogens (tertiary/aromatic N) is 3. The summed E-state index contributed by atoms with van der Waals surface area (Å²) in [4.78, 5) is 16.0. The van der Waals surface area contributed by atoms with E-state index in [-0.39, 0.29) is 5.97 Å². The molecule has 20 heavy (non-hydrogen) atoms. The van der Waals surface area contributed by atoms with Gasteiger partial charge in [-0.05, 0) is 25.1 Å². The van der Waals surface area contributed by atoms with Gasteiger partial charge in [0.2, 0.25) is 0 Å². The topological polar surface area (TPSA) is 57.0 Å². The van der Waals surface area contributed by atoms with Crippen molar-refractivity contribution >= 4 is 17.0 Å². The molecule has 0 bridgehead atoms. The monoisotopic (exact) mass is 267 g/mol. The zero-order chi connectivity index (χ0) is 13.9. The molecule has 3 rings (SSSR count). The summed E-state index contributed by atoms with van der Waals surface area (Å²) in [6, 6.07) is 11.5. The SMILES string of the molecule is CCOC(=O)c1cnc2c(cnn2-c2ccccc2)c1. The minimum absolute atomic E-state index is 0.347. The average Bonchev–Trinajstić information content (AvgIpc) is 2.91. The van der Waals surface area contributed by atoms with Crippen LogP contribution in [0.2, 0.25) is 0 Å². The van der Waals surface area contributed by atoms with Crippen LogP contribution >= 0.6 is 0 Å². The lowest BCUT2D eigenvalue weighted by atomic mass is 10.2. The molecular weight excluding hydrogens is 254 g/mol. The molecule has 0 aliphatic heterocycles. The molecule has 0 N–H and O–H groups in total. The van der Waals surface area contributed by atoms with E-state index in [2.05, 4.69) is 10.1 Å². The highest BCUT2D eigenvalue weighted by molar-refractivity contribution is 5.93. The highest BCUT2D eigenvalue weighted by Crippen LogP contribution is 2.17. The lowest BCUT2D eigenvalue weighted by Crippen LogP contribution is -2.05. The predicted molar refractivity (Wildman–Crippen MR) is 74.8 cm³/mol. The van der Waals surface area contributed by atoms with Gasteiger partial charge >= 0.3 is 5.97 Å². The summed E-state index contributed by atoms with van der Waals surface area (Å²) in [5.74, 6) is -0.366. The minimum atomic E-state index is -0.366. The summed E-state index contributed by atoms with van der Waals surface area (Å²) in [5, 5.41) is 5.12. The van der Waals surface area contributed by atoms with Gasteiger partial charge in [-0.25, -0.2) is 14.5 Å². The fourth-order valence-electron chi connectivity index (χ4n) is 2.01. The molecule has 0 saturated carbocycles. The molecule has 0 saturated heterocycles. The maximum absolute atomic E-state index is 11.7. The normalized spacial score (nSPS) is 10.7. The van der Waals surface area contributed by atoms with Gasteiger partial charge in [-0.1, -0.05) is 18.2 Å². The Kier molecular flexibility index (Phi) is 3.16. The molecule has 5 heteroatoms. The summed E-state index contributed by atoms with van der Waals surface area (Å²) in [6.45, 7) is 2.12. The summed E-state index contributed by atoms with van der Waals surface area (Å²) in [7, 11) is 0. The van der Waals surface area contributed by atoms with E-state index in [9.17, 15) is 4.79 Å². The van der Waals surface area contributed by atoms with E-state index in [1.54, 1.807) is 23.9 Å². The number of pyridine rings is 1. The summed E-state index contributed by atoms with van der Waals surface area (Å²) in [5.41, 5.74) is 2.08. The zero-order valence-electron chi connectivity index (χ0n) is 11.0. The van der Waals surface area contributed by atoms with Gasteiger partial charge in [-0.3, -0.25) is 0 Å². The molecule has 0 amide bonds. The fourth-order valence-corrected chi connectivity index (χ4v) is 2.01. The van der Waals surface area contributed by atoms with Gasteiger partial charge in [0.25, 0.3) is 0 Å². The second-order valence-corrected chi connectivity index (χ2v) is 4.25. The van der Waals surface area contributed by atoms with E-state index in [1.165, 1.54) is 6.20 Å². The molecule has 0 aliphatic carbocycles. The Morgan fingerprint density at radius 1 is 1.25 bits per heavy atom. The number of benzene rings is 1. The van der Waals surface area contributed by atoms with Crippen LogP contribution in [0.4, 0.5) is 0 Å². The minimum Gasteiger partial charge on any atom is -0.462 e. The molecule has 0 fully saturated rings. The van der Waals surface area contributed by atoms with Gasteiger partial charge in [0.1, 0.15) is 0 Å². The molecule has 1 aromatic carbocycles. The van der Waals surface area contributed by atoms with Gasteiger partial charge in [-0.2, -0.15) is 5.10 Å². The second-order valence-electron chi connectivity index (χ2n) is 4.25. The molecule has 2 aromatic heterocycles. The van der Waals surface area contributed by atoms with Gasteiger partial charge in [-0.15, -0.1) is 0 Å². The average molecular weight is 267 g/mol. The van der Waals surface area contributed by atoms with E-state index in [0.29, 0.717) is 17.8 Å². The maximum atomic E-state index is 11.7. The van der Waals surface area contributed by atoms with Crippen molar-refractivity contribution in [2.24, 2.45) is 0 Å². The molecule has 0 aliphatic rings. The van der Waals surface area contributed by atoms with Gasteiger partial charge in [0.05, 0.1) is 24.1 Å². The van der Waals surface area contributed by atoms with Crippen LogP contribution in [-0.4, -0.2) is 27.3 Å². The van der Waals surface area contributed by atoms with Crippen molar-refractivity contribution in [2.75, 3.05) is 6.61 Å². The lowest BCUT2D eigenvalue weighted by Gasteiger charge is -2.03. The smallest absolute Gasteiger partial charge is 0.339 e. The Balaban J connectivity index is 2.05. The van der Waals surface area contributed by atoms with Crippen molar-refractivity contribution in [3.63, 3.8) is 0 Å². The Morgan fingerprint density at radius 2 is 2.05 bits per heavy atom. The van der Waals surface area contributed by atoms with Crippen molar-refractivity contribution in [3.05, 3.63) is 54.4 Å². The number of ether oxygens (including phenoxy) is 1. The fraction of sp³-hybridized carbons (Fsp3) is 0.133. The second kappa shape index (κ2) is 5.13. The molecule has 0 radical (unpaired) electrons. The third-order valence-corrected chi connectivity index (χ3v) is 2.92. The number of carbonyl (C=O) groups is 1. The van der Waals surface area contributed by atoms with E-state index in [0.717, 1.165) is 11.1 Å². The molecule has 3 aromatic rings. The molecule has 0 spiro atoms. The number of fused-ring (bicyclic) bond motifs is 1. The number of hydrogen-bond donors (Lipinski definition) is 0. The standard InChI is InChI=1S/C15H13N3O2/c1-2-20-15(19)12-8-11-10-17-18(14(11)16-9-12)13-6-4-3-5-7-13/h3-10H,2H2,1H3. The van der Waals surface area contributed by atoms with Crippen LogP contribution in [-0.2, 0) is 4.74 Å². The van der Waals surface area contributed by atoms with E-state index in [1.807, 2.05) is 30.3 Å². The first-order valence-electron chi connectivity index (χ1n) is 6.36. The van der Waals surface area contributed by atoms with Crippen LogP contribution in [0.25, 0.3) is 16.7 Å². The van der Waals surface area contributed by atoms with Crippen LogP contribution in [0.3, 0.4) is 0 Å². The first-order valence-corrected chi connectivity index (χ1v) is 6.36. The maximum Gasteiger partial charge on any atom is 0.339 e. The number of hydrogen-bond acceptors (Lipinski definition) is 4. The summed E-state index contributed by atoms with van der Waals surface area (Å²) >= 11 is 0. The van der Waals surface area contributed by atoms with Crippen molar-refractivity contribution in [3.8, 4) is 5.69 Å². The molecule has 5 nitrogen and oxygen atoms in total. The van der Waals surface area contributed by atoms with Crippen molar-refractivity contribution in [1.29, 1.82) is 0 Å². The summed E-state index contributed by atoms with van der Waals surface area (Å²) < 4.78 is 6.70. The van der Waals surface area contributed by atoms with Crippen molar-refractivity contribution in [1.82, 2.24) is 14.8 Å². The zero-order valence-corrected chi connectivity index (χ0v) is 11.0. The molecule has 2 heterocycles. The van der Waals surface area contributed by atoms with E-state index in [4.69, 9.17) is 4.74 Å². The number of esters is 1. The third-order valence-electron chi connectivity index (χ3n) is 2.92. The lowest BCUT2D eigenvalue weighted by molar-refractivity contribution is 0.0526. The van der Waals surface area contributed by atoms with Gasteiger partial charge in [0, 0.05) is 11.6 Å². The molecule has 0 atom stereocenters. The first-order chi connectivity index (χ1) is 9.79. The first kappa shape index (κ1) is 12.3. The Morgan fingerprint density at radius 3 is 2.80 bits per heavy atom. The van der Waals surface area contributed by atoms with Crippen molar-refractivity contribution in [2.45, 2.75) is 6.92 Å². The summed E-state index contributed by atoms with van der Waals surface area (Å²) in [6.07, 6.45) is 3.21. The van der Waals surface area contributed by atoms with Crippen LogP contribution in [0, 0.1) is 0 Å². The molecule has 0 unspecified atom stereocenters. The van der Waals surface area contributed by atoms with E-state index >= 15 is 0 Å². The van der Waals surface area contributed by atoms with Crippen LogP contribution in [0.5, 0.6) is 0 Å². The molecule has 100 valence electrons.